The fraction of sp³-hybridized carbons (Fsp3) is 0.150. The molecule has 1 aromatic carbocycles. The van der Waals surface area contributed by atoms with Gasteiger partial charge in [-0.05, 0) is 35.9 Å². The van der Waals surface area contributed by atoms with E-state index in [2.05, 4.69) is 20.5 Å². The molecule has 0 saturated carbocycles. The van der Waals surface area contributed by atoms with Crippen LogP contribution in [0.1, 0.15) is 10.4 Å². The number of rotatable bonds is 5. The third-order valence-electron chi connectivity index (χ3n) is 4.30. The topological polar surface area (TPSA) is 97.4 Å². The van der Waals surface area contributed by atoms with Crippen molar-refractivity contribution in [2.75, 3.05) is 19.4 Å². The van der Waals surface area contributed by atoms with E-state index in [4.69, 9.17) is 0 Å². The van der Waals surface area contributed by atoms with E-state index in [1.807, 2.05) is 36.5 Å². The normalized spacial score (nSPS) is 10.8. The van der Waals surface area contributed by atoms with Crippen LogP contribution >= 0.6 is 0 Å². The average molecular weight is 389 g/mol. The number of hydrogen-bond donors (Lipinski definition) is 1. The first-order valence-electron chi connectivity index (χ1n) is 8.95. The van der Waals surface area contributed by atoms with Gasteiger partial charge in [-0.2, -0.15) is 10.1 Å². The van der Waals surface area contributed by atoms with Crippen LogP contribution in [-0.4, -0.2) is 55.2 Å². The van der Waals surface area contributed by atoms with Crippen molar-refractivity contribution < 1.29 is 9.59 Å². The van der Waals surface area contributed by atoms with Crippen molar-refractivity contribution in [2.24, 2.45) is 0 Å². The Morgan fingerprint density at radius 1 is 1.10 bits per heavy atom. The van der Waals surface area contributed by atoms with Crippen LogP contribution in [0.15, 0.2) is 61.1 Å². The molecule has 0 fully saturated rings. The van der Waals surface area contributed by atoms with Gasteiger partial charge in [0.25, 0.3) is 5.91 Å². The Kier molecular flexibility index (Phi) is 4.78. The summed E-state index contributed by atoms with van der Waals surface area (Å²) < 4.78 is 3.12. The summed E-state index contributed by atoms with van der Waals surface area (Å²) in [5.41, 5.74) is 2.98. The predicted molar refractivity (Wildman–Crippen MR) is 107 cm³/mol. The molecule has 0 spiro atoms. The summed E-state index contributed by atoms with van der Waals surface area (Å²) in [6.45, 7) is 0.0838. The number of pyridine rings is 1. The Balaban J connectivity index is 1.56. The monoisotopic (exact) mass is 389 g/mol. The van der Waals surface area contributed by atoms with Gasteiger partial charge in [-0.15, -0.1) is 5.10 Å². The maximum Gasteiger partial charge on any atom is 0.253 e. The molecular formula is C20H19N7O2. The zero-order chi connectivity index (χ0) is 20.4. The molecule has 4 rings (SSSR count). The minimum absolute atomic E-state index is 0.0594. The van der Waals surface area contributed by atoms with Gasteiger partial charge in [-0.25, -0.2) is 4.52 Å². The highest BCUT2D eigenvalue weighted by Gasteiger charge is 2.12. The zero-order valence-electron chi connectivity index (χ0n) is 16.0. The van der Waals surface area contributed by atoms with E-state index < -0.39 is 0 Å². The van der Waals surface area contributed by atoms with E-state index >= 15 is 0 Å². The van der Waals surface area contributed by atoms with Crippen molar-refractivity contribution in [3.8, 4) is 11.1 Å². The molecule has 4 aromatic rings. The molecule has 0 bridgehead atoms. The van der Waals surface area contributed by atoms with E-state index in [9.17, 15) is 9.59 Å². The molecule has 3 heterocycles. The van der Waals surface area contributed by atoms with E-state index in [0.29, 0.717) is 11.2 Å². The molecule has 0 aliphatic heterocycles. The van der Waals surface area contributed by atoms with Gasteiger partial charge < -0.3 is 4.90 Å². The lowest BCUT2D eigenvalue weighted by Gasteiger charge is -2.11. The molecular weight excluding hydrogens is 370 g/mol. The summed E-state index contributed by atoms with van der Waals surface area (Å²) in [7, 11) is 3.44. The second-order valence-electron chi connectivity index (χ2n) is 6.69. The fourth-order valence-electron chi connectivity index (χ4n) is 2.90. The molecule has 9 nitrogen and oxygen atoms in total. The average Bonchev–Trinajstić information content (AvgIpc) is 3.35. The Labute approximate surface area is 166 Å². The third-order valence-corrected chi connectivity index (χ3v) is 4.30. The Bertz CT molecular complexity index is 1180. The largest absolute Gasteiger partial charge is 0.345 e. The number of carbonyl (C=O) groups is 2. The van der Waals surface area contributed by atoms with Gasteiger partial charge in [0, 0.05) is 43.8 Å². The first kappa shape index (κ1) is 18.4. The number of benzene rings is 1. The number of nitrogens with one attached hydrogen (secondary N) is 1. The lowest BCUT2D eigenvalue weighted by atomic mass is 10.0. The van der Waals surface area contributed by atoms with Gasteiger partial charge in [-0.3, -0.25) is 19.6 Å². The van der Waals surface area contributed by atoms with E-state index in [1.54, 1.807) is 43.1 Å². The zero-order valence-corrected chi connectivity index (χ0v) is 16.0. The summed E-state index contributed by atoms with van der Waals surface area (Å²) in [5.74, 6) is -0.105. The van der Waals surface area contributed by atoms with Gasteiger partial charge in [0.05, 0.1) is 0 Å². The lowest BCUT2D eigenvalue weighted by Crippen LogP contribution is -2.21. The standard InChI is InChI=1S/C20H19N7O2/c1-25(2)19(29)15-6-3-5-14(11-15)16-7-8-17-22-20(24-27(17)12-16)23-18(28)13-26-10-4-9-21-26/h3-12H,13H2,1-2H3,(H,23,24,28). The van der Waals surface area contributed by atoms with E-state index in [0.717, 1.165) is 11.1 Å². The van der Waals surface area contributed by atoms with Crippen molar-refractivity contribution in [2.45, 2.75) is 6.54 Å². The number of carbonyl (C=O) groups excluding carboxylic acids is 2. The number of anilines is 1. The van der Waals surface area contributed by atoms with Gasteiger partial charge in [-0.1, -0.05) is 12.1 Å². The SMILES string of the molecule is CN(C)C(=O)c1cccc(-c2ccc3nc(NC(=O)Cn4cccn4)nn3c2)c1. The molecule has 0 radical (unpaired) electrons. The van der Waals surface area contributed by atoms with Crippen LogP contribution < -0.4 is 5.32 Å². The van der Waals surface area contributed by atoms with E-state index in [1.165, 1.54) is 9.58 Å². The Hall–Kier alpha value is -4.01. The second-order valence-corrected chi connectivity index (χ2v) is 6.69. The van der Waals surface area contributed by atoms with Crippen LogP contribution in [0.25, 0.3) is 16.8 Å². The molecule has 29 heavy (non-hydrogen) atoms. The molecule has 2 amide bonds. The van der Waals surface area contributed by atoms with Crippen LogP contribution in [0, 0.1) is 0 Å². The van der Waals surface area contributed by atoms with Crippen LogP contribution in [0.5, 0.6) is 0 Å². The minimum Gasteiger partial charge on any atom is -0.345 e. The van der Waals surface area contributed by atoms with Crippen molar-refractivity contribution in [1.29, 1.82) is 0 Å². The van der Waals surface area contributed by atoms with Crippen LogP contribution in [0.3, 0.4) is 0 Å². The van der Waals surface area contributed by atoms with Gasteiger partial charge in [0.1, 0.15) is 6.54 Å². The summed E-state index contributed by atoms with van der Waals surface area (Å²) in [6, 6.07) is 12.9. The highest BCUT2D eigenvalue weighted by molar-refractivity contribution is 5.95. The van der Waals surface area contributed by atoms with Crippen molar-refractivity contribution in [3.05, 3.63) is 66.6 Å². The number of hydrogen-bond acceptors (Lipinski definition) is 5. The molecule has 146 valence electrons. The van der Waals surface area contributed by atoms with Crippen molar-refractivity contribution >= 4 is 23.4 Å². The first-order valence-corrected chi connectivity index (χ1v) is 8.95. The van der Waals surface area contributed by atoms with Crippen LogP contribution in [0.2, 0.25) is 0 Å². The smallest absolute Gasteiger partial charge is 0.253 e. The summed E-state index contributed by atoms with van der Waals surface area (Å²) in [6.07, 6.45) is 5.13. The molecule has 0 aliphatic carbocycles. The summed E-state index contributed by atoms with van der Waals surface area (Å²) >= 11 is 0. The molecule has 0 atom stereocenters. The summed E-state index contributed by atoms with van der Waals surface area (Å²) in [5, 5.41) is 11.0. The van der Waals surface area contributed by atoms with Crippen molar-refractivity contribution in [1.82, 2.24) is 29.3 Å². The van der Waals surface area contributed by atoms with Crippen LogP contribution in [0.4, 0.5) is 5.95 Å². The minimum atomic E-state index is -0.264. The molecule has 1 N–H and O–H groups in total. The number of aromatic nitrogens is 5. The maximum absolute atomic E-state index is 12.2. The molecule has 9 heteroatoms. The van der Waals surface area contributed by atoms with Gasteiger partial charge in [0.2, 0.25) is 11.9 Å². The summed E-state index contributed by atoms with van der Waals surface area (Å²) in [4.78, 5) is 30.2. The second kappa shape index (κ2) is 7.55. The Morgan fingerprint density at radius 2 is 1.97 bits per heavy atom. The quantitative estimate of drug-likeness (QED) is 0.563. The molecule has 0 aliphatic rings. The van der Waals surface area contributed by atoms with E-state index in [-0.39, 0.29) is 24.3 Å². The maximum atomic E-state index is 12.2. The Morgan fingerprint density at radius 3 is 2.72 bits per heavy atom. The predicted octanol–water partition coefficient (Wildman–Crippen LogP) is 1.93. The van der Waals surface area contributed by atoms with Gasteiger partial charge in [0.15, 0.2) is 5.65 Å². The number of amides is 2. The fourth-order valence-corrected chi connectivity index (χ4v) is 2.90. The first-order chi connectivity index (χ1) is 14.0. The lowest BCUT2D eigenvalue weighted by molar-refractivity contribution is -0.116. The van der Waals surface area contributed by atoms with Gasteiger partial charge >= 0.3 is 0 Å². The molecule has 3 aromatic heterocycles. The number of nitrogens with zero attached hydrogens (tertiary/aromatic N) is 6. The van der Waals surface area contributed by atoms with Crippen LogP contribution in [-0.2, 0) is 11.3 Å². The van der Waals surface area contributed by atoms with Crippen molar-refractivity contribution in [3.63, 3.8) is 0 Å². The molecule has 0 saturated heterocycles. The number of fused-ring (bicyclic) bond motifs is 1. The molecule has 0 unspecified atom stereocenters. The third kappa shape index (κ3) is 3.98. The highest BCUT2D eigenvalue weighted by Crippen LogP contribution is 2.22. The highest BCUT2D eigenvalue weighted by atomic mass is 16.2.